The van der Waals surface area contributed by atoms with Gasteiger partial charge in [0.25, 0.3) is 0 Å². The SMILES string of the molecule is BrC1C=C2C=c3ccc[c-]c3=C2O1.[Cl-].[Cl-].[S]=[Zr+2].[c-]1cccc2c1Cc1ccccc1-2. The number of hydrogen-bond donors (Lipinski definition) is 0. The maximum absolute atomic E-state index is 5.59. The Labute approximate surface area is 215 Å². The van der Waals surface area contributed by atoms with E-state index in [9.17, 15) is 0 Å². The van der Waals surface area contributed by atoms with Gasteiger partial charge in [-0.2, -0.15) is 29.8 Å². The zero-order valence-electron chi connectivity index (χ0n) is 15.7. The fourth-order valence-electron chi connectivity index (χ4n) is 3.68. The molecule has 30 heavy (non-hydrogen) atoms. The van der Waals surface area contributed by atoms with Crippen LogP contribution in [0.5, 0.6) is 0 Å². The largest absolute Gasteiger partial charge is 0.179 e. The monoisotopic (exact) mass is 590 g/mol. The van der Waals surface area contributed by atoms with Crippen molar-refractivity contribution in [3.8, 4) is 11.1 Å². The molecule has 3 aromatic rings. The van der Waals surface area contributed by atoms with Gasteiger partial charge in [0.15, 0.2) is 5.01 Å². The number of halogens is 3. The topological polar surface area (TPSA) is 9.23 Å². The standard InChI is InChI=1S/C13H9.C11H6BrO.2ClH.S.Zr/c1-3-7-12-10(5-1)9-11-6-2-4-8-13(11)12;12-10-6-8-5-7-3-1-2-4-9(7)11(8)13-10;;;;/h1-5,7-8H,9H2;1-3,5-6,10H;2*1H;;/q2*-1;;;;+2/p-2. The van der Waals surface area contributed by atoms with Crippen molar-refractivity contribution in [2.75, 3.05) is 0 Å². The molecule has 0 saturated carbocycles. The first kappa shape index (κ1) is 25.4. The Morgan fingerprint density at radius 1 is 0.933 bits per heavy atom. The summed E-state index contributed by atoms with van der Waals surface area (Å²) in [5, 5.41) is 2.30. The van der Waals surface area contributed by atoms with E-state index in [1.807, 2.05) is 18.2 Å². The Hall–Kier alpha value is -0.897. The number of benzene rings is 3. The second kappa shape index (κ2) is 11.6. The van der Waals surface area contributed by atoms with Crippen LogP contribution >= 0.6 is 24.8 Å². The molecule has 0 N–H and O–H groups in total. The molecule has 1 nitrogen and oxygen atoms in total. The van der Waals surface area contributed by atoms with Gasteiger partial charge >= 0.3 is 31.5 Å². The summed E-state index contributed by atoms with van der Waals surface area (Å²) in [6.07, 6.45) is 5.23. The molecule has 0 bridgehead atoms. The van der Waals surface area contributed by atoms with Gasteiger partial charge in [-0.1, -0.05) is 41.5 Å². The molecule has 3 aromatic carbocycles. The van der Waals surface area contributed by atoms with Crippen LogP contribution < -0.4 is 35.3 Å². The number of fused-ring (bicyclic) bond motifs is 5. The van der Waals surface area contributed by atoms with E-state index in [0.29, 0.717) is 0 Å². The summed E-state index contributed by atoms with van der Waals surface area (Å²) in [5.74, 6) is 0.956. The zero-order valence-corrected chi connectivity index (χ0v) is 22.0. The molecule has 1 atom stereocenters. The first-order valence-corrected chi connectivity index (χ1v) is 13.2. The predicted octanol–water partition coefficient (Wildman–Crippen LogP) is -1.22. The molecule has 0 radical (unpaired) electrons. The number of alkyl halides is 1. The molecule has 150 valence electrons. The van der Waals surface area contributed by atoms with Gasteiger partial charge in [-0.25, -0.2) is 0 Å². The van der Waals surface area contributed by atoms with Crippen molar-refractivity contribution < 1.29 is 52.2 Å². The molecule has 1 aliphatic heterocycles. The third-order valence-corrected chi connectivity index (χ3v) is 5.30. The van der Waals surface area contributed by atoms with Gasteiger partial charge in [-0.05, 0) is 34.0 Å². The average molecular weight is 593 g/mol. The van der Waals surface area contributed by atoms with Gasteiger partial charge in [0.05, 0.1) is 5.76 Å². The molecule has 6 heteroatoms. The van der Waals surface area contributed by atoms with E-state index in [0.717, 1.165) is 40.1 Å². The van der Waals surface area contributed by atoms with Crippen molar-refractivity contribution >= 4 is 36.6 Å². The minimum absolute atomic E-state index is 0. The summed E-state index contributed by atoms with van der Waals surface area (Å²) in [4.78, 5) is 0. The van der Waals surface area contributed by atoms with Crippen molar-refractivity contribution in [3.05, 3.63) is 106 Å². The van der Waals surface area contributed by atoms with Crippen LogP contribution in [0.4, 0.5) is 0 Å². The van der Waals surface area contributed by atoms with E-state index in [1.165, 1.54) is 33.0 Å². The van der Waals surface area contributed by atoms with Crippen LogP contribution in [0.1, 0.15) is 11.1 Å². The Morgan fingerprint density at radius 2 is 1.63 bits per heavy atom. The number of rotatable bonds is 0. The van der Waals surface area contributed by atoms with Gasteiger partial charge in [0, 0.05) is 0 Å². The number of hydrogen-bond acceptors (Lipinski definition) is 2. The van der Waals surface area contributed by atoms with Gasteiger partial charge in [-0.15, -0.1) is 40.3 Å². The Balaban J connectivity index is 0.000000186. The molecule has 0 saturated heterocycles. The molecule has 0 fully saturated rings. The third-order valence-electron chi connectivity index (χ3n) is 4.85. The van der Waals surface area contributed by atoms with E-state index in [4.69, 9.17) is 4.74 Å². The second-order valence-electron chi connectivity index (χ2n) is 6.46. The molecule has 6 rings (SSSR count). The van der Waals surface area contributed by atoms with Crippen LogP contribution in [0, 0.1) is 12.1 Å². The molecule has 0 aromatic heterocycles. The van der Waals surface area contributed by atoms with Crippen LogP contribution in [0.25, 0.3) is 23.0 Å². The molecule has 3 aliphatic rings. The minimum Gasteiger partial charge on any atom is -0.179 e. The van der Waals surface area contributed by atoms with Crippen molar-refractivity contribution in [2.24, 2.45) is 0 Å². The van der Waals surface area contributed by atoms with E-state index < -0.39 is 0 Å². The Bertz CT molecular complexity index is 1150. The summed E-state index contributed by atoms with van der Waals surface area (Å²) < 4.78 is 5.59. The normalized spacial score (nSPS) is 15.5. The van der Waals surface area contributed by atoms with E-state index in [2.05, 4.69) is 91.5 Å². The van der Waals surface area contributed by atoms with Crippen LogP contribution in [-0.4, -0.2) is 5.01 Å². The molecular weight excluding hydrogens is 578 g/mol. The van der Waals surface area contributed by atoms with Crippen molar-refractivity contribution in [3.63, 3.8) is 0 Å². The smallest absolute Gasteiger partial charge is 0.0253 e. The van der Waals surface area contributed by atoms with Gasteiger partial charge in [-0.3, -0.25) is 0 Å². The van der Waals surface area contributed by atoms with Crippen molar-refractivity contribution in [2.45, 2.75) is 11.4 Å². The first-order valence-electron chi connectivity index (χ1n) is 8.83. The fraction of sp³-hybridized carbons (Fsp3) is 0.0833. The summed E-state index contributed by atoms with van der Waals surface area (Å²) in [5.41, 5.74) is 6.68. The summed E-state index contributed by atoms with van der Waals surface area (Å²) in [6.45, 7) is 0. The van der Waals surface area contributed by atoms with Crippen LogP contribution in [0.15, 0.2) is 72.3 Å². The quantitative estimate of drug-likeness (QED) is 0.187. The molecule has 0 amide bonds. The second-order valence-corrected chi connectivity index (χ2v) is 7.36. The molecule has 1 heterocycles. The average Bonchev–Trinajstić information content (AvgIpc) is 3.40. The summed E-state index contributed by atoms with van der Waals surface area (Å²) in [7, 11) is 4.17. The third kappa shape index (κ3) is 5.11. The fourth-order valence-corrected chi connectivity index (χ4v) is 4.15. The Morgan fingerprint density at radius 3 is 2.47 bits per heavy atom. The van der Waals surface area contributed by atoms with Crippen LogP contribution in [-0.2, 0) is 33.8 Å². The minimum atomic E-state index is 0. The molecule has 1 unspecified atom stereocenters. The summed E-state index contributed by atoms with van der Waals surface area (Å²) in [6, 6.07) is 27.3. The van der Waals surface area contributed by atoms with Gasteiger partial charge < -0.3 is 29.6 Å². The van der Waals surface area contributed by atoms with Gasteiger partial charge in [0.1, 0.15) is 0 Å². The van der Waals surface area contributed by atoms with Crippen LogP contribution in [0.2, 0.25) is 0 Å². The van der Waals surface area contributed by atoms with E-state index >= 15 is 0 Å². The maximum Gasteiger partial charge on any atom is -0.0253 e. The molecule has 0 spiro atoms. The molecular formula is C24H15BrCl2OSZr-2. The Kier molecular flexibility index (Phi) is 9.85. The predicted molar refractivity (Wildman–Crippen MR) is 115 cm³/mol. The van der Waals surface area contributed by atoms with E-state index in [-0.39, 0.29) is 29.8 Å². The van der Waals surface area contributed by atoms with Crippen molar-refractivity contribution in [1.82, 2.24) is 0 Å². The van der Waals surface area contributed by atoms with Crippen molar-refractivity contribution in [1.29, 1.82) is 0 Å². The van der Waals surface area contributed by atoms with Gasteiger partial charge in [0.2, 0.25) is 0 Å². The van der Waals surface area contributed by atoms with Crippen LogP contribution in [0.3, 0.4) is 0 Å². The maximum atomic E-state index is 5.59. The van der Waals surface area contributed by atoms with E-state index in [1.54, 1.807) is 0 Å². The summed E-state index contributed by atoms with van der Waals surface area (Å²) >= 11 is 4.53. The molecule has 2 aliphatic carbocycles. The zero-order chi connectivity index (χ0) is 19.5. The first-order chi connectivity index (χ1) is 13.8. The number of ether oxygens (including phenoxy) is 1.